The van der Waals surface area contributed by atoms with E-state index in [0.717, 1.165) is 6.07 Å². The van der Waals surface area contributed by atoms with Crippen molar-refractivity contribution >= 4 is 21.6 Å². The molecule has 1 unspecified atom stereocenters. The molecule has 2 rings (SSSR count). The fourth-order valence-electron chi connectivity index (χ4n) is 2.34. The van der Waals surface area contributed by atoms with Crippen LogP contribution < -0.4 is 11.1 Å². The van der Waals surface area contributed by atoms with E-state index >= 15 is 0 Å². The predicted molar refractivity (Wildman–Crippen MR) is 76.6 cm³/mol. The first-order chi connectivity index (χ1) is 9.84. The van der Waals surface area contributed by atoms with Gasteiger partial charge in [-0.1, -0.05) is 0 Å². The van der Waals surface area contributed by atoms with Gasteiger partial charge in [-0.2, -0.15) is 4.31 Å². The lowest BCUT2D eigenvalue weighted by molar-refractivity contribution is -0.114. The molecule has 116 valence electrons. The monoisotopic (exact) mass is 315 g/mol. The Kier molecular flexibility index (Phi) is 4.60. The minimum Gasteiger partial charge on any atom is -0.330 e. The Labute approximate surface area is 123 Å². The zero-order valence-corrected chi connectivity index (χ0v) is 12.5. The van der Waals surface area contributed by atoms with Crippen LogP contribution in [-0.4, -0.2) is 38.3 Å². The summed E-state index contributed by atoms with van der Waals surface area (Å²) >= 11 is 0. The van der Waals surface area contributed by atoms with E-state index in [-0.39, 0.29) is 22.4 Å². The number of hydrogen-bond donors (Lipinski definition) is 2. The average molecular weight is 315 g/mol. The van der Waals surface area contributed by atoms with Crippen molar-refractivity contribution in [3.63, 3.8) is 0 Å². The lowest BCUT2D eigenvalue weighted by Crippen LogP contribution is -2.30. The number of amides is 1. The lowest BCUT2D eigenvalue weighted by atomic mass is 10.1. The molecular weight excluding hydrogens is 297 g/mol. The van der Waals surface area contributed by atoms with E-state index in [4.69, 9.17) is 5.73 Å². The number of sulfonamides is 1. The van der Waals surface area contributed by atoms with Crippen LogP contribution in [0.2, 0.25) is 0 Å². The molecule has 0 aliphatic carbocycles. The number of carbonyl (C=O) groups is 1. The molecule has 1 aliphatic heterocycles. The van der Waals surface area contributed by atoms with Gasteiger partial charge in [0.05, 0.1) is 0 Å². The van der Waals surface area contributed by atoms with Gasteiger partial charge in [0.25, 0.3) is 0 Å². The third-order valence-electron chi connectivity index (χ3n) is 3.45. The van der Waals surface area contributed by atoms with Gasteiger partial charge >= 0.3 is 0 Å². The second kappa shape index (κ2) is 6.08. The molecule has 1 fully saturated rings. The highest BCUT2D eigenvalue weighted by Gasteiger charge is 2.33. The summed E-state index contributed by atoms with van der Waals surface area (Å²) < 4.78 is 40.1. The van der Waals surface area contributed by atoms with Crippen LogP contribution in [0.1, 0.15) is 13.3 Å². The van der Waals surface area contributed by atoms with Gasteiger partial charge in [0.1, 0.15) is 10.7 Å². The van der Waals surface area contributed by atoms with Crippen molar-refractivity contribution in [2.75, 3.05) is 25.0 Å². The molecular formula is C13H18FN3O3S. The first-order valence-corrected chi connectivity index (χ1v) is 8.06. The molecule has 0 aromatic heterocycles. The molecule has 1 atom stereocenters. The minimum absolute atomic E-state index is 0.112. The van der Waals surface area contributed by atoms with Crippen molar-refractivity contribution in [1.82, 2.24) is 4.31 Å². The summed E-state index contributed by atoms with van der Waals surface area (Å²) in [5.74, 6) is -1.12. The fourth-order valence-corrected chi connectivity index (χ4v) is 3.91. The average Bonchev–Trinajstić information content (AvgIpc) is 2.87. The molecule has 1 amide bonds. The Morgan fingerprint density at radius 2 is 2.24 bits per heavy atom. The van der Waals surface area contributed by atoms with Gasteiger partial charge in [0, 0.05) is 25.7 Å². The van der Waals surface area contributed by atoms with E-state index in [9.17, 15) is 17.6 Å². The SMILES string of the molecule is CC(=O)Nc1ccc(S(=O)(=O)N2CCC(CN)C2)c(F)c1. The molecule has 1 aliphatic rings. The van der Waals surface area contributed by atoms with E-state index in [2.05, 4.69) is 5.32 Å². The molecule has 1 aromatic rings. The van der Waals surface area contributed by atoms with Crippen LogP contribution >= 0.6 is 0 Å². The highest BCUT2D eigenvalue weighted by Crippen LogP contribution is 2.26. The van der Waals surface area contributed by atoms with Gasteiger partial charge in [-0.3, -0.25) is 4.79 Å². The summed E-state index contributed by atoms with van der Waals surface area (Å²) in [5, 5.41) is 2.41. The summed E-state index contributed by atoms with van der Waals surface area (Å²) in [6.45, 7) is 2.36. The number of carbonyl (C=O) groups excluding carboxylic acids is 1. The van der Waals surface area contributed by atoms with Gasteiger partial charge in [0.2, 0.25) is 15.9 Å². The van der Waals surface area contributed by atoms with Crippen molar-refractivity contribution in [3.05, 3.63) is 24.0 Å². The van der Waals surface area contributed by atoms with Gasteiger partial charge in [-0.15, -0.1) is 0 Å². The van der Waals surface area contributed by atoms with Crippen molar-refractivity contribution in [3.8, 4) is 0 Å². The molecule has 6 nitrogen and oxygen atoms in total. The van der Waals surface area contributed by atoms with Crippen molar-refractivity contribution in [2.45, 2.75) is 18.2 Å². The molecule has 21 heavy (non-hydrogen) atoms. The third-order valence-corrected chi connectivity index (χ3v) is 5.35. The Morgan fingerprint density at radius 1 is 1.52 bits per heavy atom. The van der Waals surface area contributed by atoms with Gasteiger partial charge < -0.3 is 11.1 Å². The number of nitrogens with two attached hydrogens (primary N) is 1. The molecule has 1 aromatic carbocycles. The maximum Gasteiger partial charge on any atom is 0.245 e. The maximum atomic E-state index is 14.0. The van der Waals surface area contributed by atoms with Crippen LogP contribution in [0.5, 0.6) is 0 Å². The quantitative estimate of drug-likeness (QED) is 0.857. The molecule has 0 spiro atoms. The van der Waals surface area contributed by atoms with Crippen LogP contribution in [-0.2, 0) is 14.8 Å². The summed E-state index contributed by atoms with van der Waals surface area (Å²) in [6, 6.07) is 3.55. The van der Waals surface area contributed by atoms with Crippen molar-refractivity contribution in [2.24, 2.45) is 11.7 Å². The Balaban J connectivity index is 2.26. The van der Waals surface area contributed by atoms with E-state index < -0.39 is 15.8 Å². The minimum atomic E-state index is -3.87. The zero-order valence-electron chi connectivity index (χ0n) is 11.7. The zero-order chi connectivity index (χ0) is 15.6. The predicted octanol–water partition coefficient (Wildman–Crippen LogP) is 0.753. The van der Waals surface area contributed by atoms with Crippen LogP contribution in [0.15, 0.2) is 23.1 Å². The number of nitrogens with zero attached hydrogens (tertiary/aromatic N) is 1. The number of halogens is 1. The maximum absolute atomic E-state index is 14.0. The fraction of sp³-hybridized carbons (Fsp3) is 0.462. The second-order valence-electron chi connectivity index (χ2n) is 5.08. The summed E-state index contributed by atoms with van der Waals surface area (Å²) in [4.78, 5) is 10.5. The van der Waals surface area contributed by atoms with Crippen molar-refractivity contribution in [1.29, 1.82) is 0 Å². The lowest BCUT2D eigenvalue weighted by Gasteiger charge is -2.17. The summed E-state index contributed by atoms with van der Waals surface area (Å²) in [7, 11) is -3.87. The van der Waals surface area contributed by atoms with Crippen LogP contribution in [0.25, 0.3) is 0 Å². The third kappa shape index (κ3) is 3.39. The smallest absolute Gasteiger partial charge is 0.245 e. The second-order valence-corrected chi connectivity index (χ2v) is 6.99. The standard InChI is InChI=1S/C13H18FN3O3S/c1-9(18)16-11-2-3-13(12(14)6-11)21(19,20)17-5-4-10(7-15)8-17/h2-3,6,10H,4-5,7-8,15H2,1H3,(H,16,18). The number of rotatable bonds is 4. The van der Waals surface area contributed by atoms with Crippen LogP contribution in [0.3, 0.4) is 0 Å². The van der Waals surface area contributed by atoms with E-state index in [1.165, 1.54) is 23.4 Å². The number of benzene rings is 1. The summed E-state index contributed by atoms with van der Waals surface area (Å²) in [6.07, 6.45) is 0.682. The Morgan fingerprint density at radius 3 is 2.76 bits per heavy atom. The van der Waals surface area contributed by atoms with Crippen molar-refractivity contribution < 1.29 is 17.6 Å². The molecule has 8 heteroatoms. The largest absolute Gasteiger partial charge is 0.330 e. The number of hydrogen-bond acceptors (Lipinski definition) is 4. The first kappa shape index (κ1) is 15.9. The van der Waals surface area contributed by atoms with Gasteiger partial charge in [0.15, 0.2) is 0 Å². The summed E-state index contributed by atoms with van der Waals surface area (Å²) in [5.41, 5.74) is 5.76. The Bertz CT molecular complexity index is 648. The Hall–Kier alpha value is -1.51. The van der Waals surface area contributed by atoms with E-state index in [1.807, 2.05) is 0 Å². The number of anilines is 1. The first-order valence-electron chi connectivity index (χ1n) is 6.62. The van der Waals surface area contributed by atoms with Crippen LogP contribution in [0, 0.1) is 11.7 Å². The molecule has 1 saturated heterocycles. The molecule has 0 saturated carbocycles. The normalized spacial score (nSPS) is 19.7. The van der Waals surface area contributed by atoms with E-state index in [0.29, 0.717) is 26.1 Å². The van der Waals surface area contributed by atoms with E-state index in [1.54, 1.807) is 0 Å². The van der Waals surface area contributed by atoms with Gasteiger partial charge in [-0.05, 0) is 37.1 Å². The van der Waals surface area contributed by atoms with Crippen LogP contribution in [0.4, 0.5) is 10.1 Å². The molecule has 3 N–H and O–H groups in total. The van der Waals surface area contributed by atoms with Gasteiger partial charge in [-0.25, -0.2) is 12.8 Å². The topological polar surface area (TPSA) is 92.5 Å². The highest BCUT2D eigenvalue weighted by molar-refractivity contribution is 7.89. The molecule has 1 heterocycles. The number of nitrogens with one attached hydrogen (secondary N) is 1. The molecule has 0 bridgehead atoms. The highest BCUT2D eigenvalue weighted by atomic mass is 32.2. The molecule has 0 radical (unpaired) electrons.